The Labute approximate surface area is 113 Å². The summed E-state index contributed by atoms with van der Waals surface area (Å²) in [4.78, 5) is 2.23. The molecule has 2 rings (SSSR count). The Balaban J connectivity index is 2.19. The van der Waals surface area contributed by atoms with Gasteiger partial charge in [-0.05, 0) is 42.7 Å². The van der Waals surface area contributed by atoms with E-state index in [1.54, 1.807) is 7.11 Å². The molecule has 0 amide bonds. The van der Waals surface area contributed by atoms with Gasteiger partial charge in [0.05, 0.1) is 6.61 Å². The van der Waals surface area contributed by atoms with Crippen LogP contribution in [0.15, 0.2) is 29.8 Å². The molecule has 1 aliphatic heterocycles. The van der Waals surface area contributed by atoms with Crippen LogP contribution in [0.5, 0.6) is 0 Å². The van der Waals surface area contributed by atoms with Crippen molar-refractivity contribution in [3.63, 3.8) is 0 Å². The van der Waals surface area contributed by atoms with E-state index in [0.29, 0.717) is 6.61 Å². The highest BCUT2D eigenvalue weighted by molar-refractivity contribution is 5.56. The number of ether oxygens (including phenoxy) is 1. The molecule has 0 fully saturated rings. The quantitative estimate of drug-likeness (QED) is 0.850. The van der Waals surface area contributed by atoms with Gasteiger partial charge in [-0.3, -0.25) is 0 Å². The third-order valence-corrected chi connectivity index (χ3v) is 3.45. The standard InChI is InChI=1S/C15H21FN2O/c1-11(17)14-9-13(16)3-4-15(14)18-7-5-12(6-8-18)10-19-2/h3-5,9,11H,6-8,10,17H2,1-2H3/t11-/m0/s1. The minimum Gasteiger partial charge on any atom is -0.380 e. The average Bonchev–Trinajstić information content (AvgIpc) is 2.40. The first-order chi connectivity index (χ1) is 9.11. The third-order valence-electron chi connectivity index (χ3n) is 3.45. The highest BCUT2D eigenvalue weighted by atomic mass is 19.1. The molecule has 2 N–H and O–H groups in total. The highest BCUT2D eigenvalue weighted by Gasteiger charge is 2.17. The maximum atomic E-state index is 13.3. The Morgan fingerprint density at radius 2 is 2.26 bits per heavy atom. The van der Waals surface area contributed by atoms with E-state index in [0.717, 1.165) is 30.8 Å². The first kappa shape index (κ1) is 14.0. The summed E-state index contributed by atoms with van der Waals surface area (Å²) < 4.78 is 18.5. The van der Waals surface area contributed by atoms with Crippen LogP contribution in [0.1, 0.15) is 24.9 Å². The fourth-order valence-electron chi connectivity index (χ4n) is 2.42. The largest absolute Gasteiger partial charge is 0.380 e. The van der Waals surface area contributed by atoms with Crippen molar-refractivity contribution >= 4 is 5.69 Å². The summed E-state index contributed by atoms with van der Waals surface area (Å²) in [5, 5.41) is 0. The molecule has 4 heteroatoms. The molecule has 0 aliphatic carbocycles. The van der Waals surface area contributed by atoms with Gasteiger partial charge in [0.25, 0.3) is 0 Å². The van der Waals surface area contributed by atoms with Gasteiger partial charge in [-0.25, -0.2) is 4.39 Å². The van der Waals surface area contributed by atoms with E-state index in [1.165, 1.54) is 17.7 Å². The SMILES string of the molecule is COCC1=CCN(c2ccc(F)cc2[C@H](C)N)CC1. The number of nitrogens with zero attached hydrogens (tertiary/aromatic N) is 1. The number of hydrogen-bond donors (Lipinski definition) is 1. The lowest BCUT2D eigenvalue weighted by Gasteiger charge is -2.31. The van der Waals surface area contributed by atoms with Gasteiger partial charge in [0.15, 0.2) is 0 Å². The molecule has 0 saturated heterocycles. The minimum atomic E-state index is -0.233. The van der Waals surface area contributed by atoms with Crippen molar-refractivity contribution in [1.29, 1.82) is 0 Å². The normalized spacial score (nSPS) is 17.3. The van der Waals surface area contributed by atoms with Crippen LogP contribution in [-0.4, -0.2) is 26.8 Å². The number of methoxy groups -OCH3 is 1. The molecule has 1 atom stereocenters. The summed E-state index contributed by atoms with van der Waals surface area (Å²) >= 11 is 0. The van der Waals surface area contributed by atoms with Crippen molar-refractivity contribution in [3.05, 3.63) is 41.2 Å². The zero-order chi connectivity index (χ0) is 13.8. The summed E-state index contributed by atoms with van der Waals surface area (Å²) in [5.41, 5.74) is 9.15. The molecular formula is C15H21FN2O. The molecule has 1 aromatic rings. The second kappa shape index (κ2) is 6.17. The second-order valence-corrected chi connectivity index (χ2v) is 4.98. The second-order valence-electron chi connectivity index (χ2n) is 4.98. The van der Waals surface area contributed by atoms with E-state index in [-0.39, 0.29) is 11.9 Å². The Hall–Kier alpha value is -1.39. The van der Waals surface area contributed by atoms with Crippen molar-refractivity contribution in [2.45, 2.75) is 19.4 Å². The Bertz CT molecular complexity index is 471. The molecule has 104 valence electrons. The highest BCUT2D eigenvalue weighted by Crippen LogP contribution is 2.28. The summed E-state index contributed by atoms with van der Waals surface area (Å²) in [6, 6.07) is 4.68. The van der Waals surface area contributed by atoms with E-state index >= 15 is 0 Å². The van der Waals surface area contributed by atoms with Crippen LogP contribution in [0.3, 0.4) is 0 Å². The molecule has 0 bridgehead atoms. The zero-order valence-electron chi connectivity index (χ0n) is 11.5. The topological polar surface area (TPSA) is 38.5 Å². The van der Waals surface area contributed by atoms with E-state index in [9.17, 15) is 4.39 Å². The lowest BCUT2D eigenvalue weighted by atomic mass is 10.0. The smallest absolute Gasteiger partial charge is 0.123 e. The molecule has 19 heavy (non-hydrogen) atoms. The summed E-state index contributed by atoms with van der Waals surface area (Å²) in [5.74, 6) is -0.233. The molecule has 0 unspecified atom stereocenters. The number of hydrogen-bond acceptors (Lipinski definition) is 3. The van der Waals surface area contributed by atoms with Crippen LogP contribution in [0.25, 0.3) is 0 Å². The predicted molar refractivity (Wildman–Crippen MR) is 75.8 cm³/mol. The molecule has 0 aromatic heterocycles. The van der Waals surface area contributed by atoms with Crippen molar-refractivity contribution < 1.29 is 9.13 Å². The van der Waals surface area contributed by atoms with Gasteiger partial charge in [0.1, 0.15) is 5.82 Å². The van der Waals surface area contributed by atoms with Crippen molar-refractivity contribution in [2.75, 3.05) is 31.7 Å². The minimum absolute atomic E-state index is 0.171. The third kappa shape index (κ3) is 3.33. The Morgan fingerprint density at radius 3 is 2.84 bits per heavy atom. The van der Waals surface area contributed by atoms with Gasteiger partial charge in [-0.2, -0.15) is 0 Å². The van der Waals surface area contributed by atoms with Gasteiger partial charge < -0.3 is 15.4 Å². The van der Waals surface area contributed by atoms with Crippen molar-refractivity contribution in [2.24, 2.45) is 5.73 Å². The molecule has 1 aliphatic rings. The number of rotatable bonds is 4. The summed E-state index contributed by atoms with van der Waals surface area (Å²) in [6.45, 7) is 4.32. The zero-order valence-corrected chi connectivity index (χ0v) is 11.5. The Kier molecular flexibility index (Phi) is 4.56. The molecule has 1 aromatic carbocycles. The van der Waals surface area contributed by atoms with Crippen LogP contribution >= 0.6 is 0 Å². The fraction of sp³-hybridized carbons (Fsp3) is 0.467. The van der Waals surface area contributed by atoms with Gasteiger partial charge in [0, 0.05) is 31.9 Å². The molecule has 3 nitrogen and oxygen atoms in total. The maximum Gasteiger partial charge on any atom is 0.123 e. The van der Waals surface area contributed by atoms with E-state index in [2.05, 4.69) is 11.0 Å². The first-order valence-electron chi connectivity index (χ1n) is 6.58. The van der Waals surface area contributed by atoms with Gasteiger partial charge in [0.2, 0.25) is 0 Å². The van der Waals surface area contributed by atoms with Crippen LogP contribution in [0, 0.1) is 5.82 Å². The van der Waals surface area contributed by atoms with Crippen molar-refractivity contribution in [3.8, 4) is 0 Å². The van der Waals surface area contributed by atoms with Crippen LogP contribution in [-0.2, 0) is 4.74 Å². The lowest BCUT2D eigenvalue weighted by Crippen LogP contribution is -2.30. The molecule has 0 radical (unpaired) electrons. The van der Waals surface area contributed by atoms with E-state index in [1.807, 2.05) is 13.0 Å². The maximum absolute atomic E-state index is 13.3. The lowest BCUT2D eigenvalue weighted by molar-refractivity contribution is 0.222. The number of benzene rings is 1. The number of halogens is 1. The molecule has 0 saturated carbocycles. The Morgan fingerprint density at radius 1 is 1.47 bits per heavy atom. The van der Waals surface area contributed by atoms with Crippen LogP contribution in [0.4, 0.5) is 10.1 Å². The molecule has 0 spiro atoms. The van der Waals surface area contributed by atoms with E-state index in [4.69, 9.17) is 10.5 Å². The number of nitrogens with two attached hydrogens (primary N) is 1. The number of anilines is 1. The first-order valence-corrected chi connectivity index (χ1v) is 6.58. The summed E-state index contributed by atoms with van der Waals surface area (Å²) in [7, 11) is 1.71. The molecule has 1 heterocycles. The fourth-order valence-corrected chi connectivity index (χ4v) is 2.42. The van der Waals surface area contributed by atoms with Crippen LogP contribution < -0.4 is 10.6 Å². The van der Waals surface area contributed by atoms with E-state index < -0.39 is 0 Å². The van der Waals surface area contributed by atoms with Crippen molar-refractivity contribution in [1.82, 2.24) is 0 Å². The van der Waals surface area contributed by atoms with Gasteiger partial charge >= 0.3 is 0 Å². The van der Waals surface area contributed by atoms with Gasteiger partial charge in [-0.1, -0.05) is 6.08 Å². The predicted octanol–water partition coefficient (Wildman–Crippen LogP) is 2.63. The van der Waals surface area contributed by atoms with Crippen LogP contribution in [0.2, 0.25) is 0 Å². The van der Waals surface area contributed by atoms with Gasteiger partial charge in [-0.15, -0.1) is 0 Å². The average molecular weight is 264 g/mol. The summed E-state index contributed by atoms with van der Waals surface area (Å²) in [6.07, 6.45) is 3.16. The monoisotopic (exact) mass is 264 g/mol. The molecular weight excluding hydrogens is 243 g/mol.